The van der Waals surface area contributed by atoms with Crippen molar-refractivity contribution in [3.8, 4) is 11.1 Å². The number of aromatic nitrogens is 2. The van der Waals surface area contributed by atoms with Gasteiger partial charge >= 0.3 is 0 Å². The Morgan fingerprint density at radius 1 is 1.17 bits per heavy atom. The monoisotopic (exact) mass is 321 g/mol. The number of β-amino-alcohol motifs (C(OH)–C–C–N with tert-alkyl or cyclic N) is 1. The molecule has 0 atom stereocenters. The summed E-state index contributed by atoms with van der Waals surface area (Å²) in [6.07, 6.45) is 0. The Morgan fingerprint density at radius 2 is 1.88 bits per heavy atom. The maximum absolute atomic E-state index is 12.7. The topological polar surface area (TPSA) is 67.2 Å². The van der Waals surface area contributed by atoms with Crippen molar-refractivity contribution in [3.63, 3.8) is 0 Å². The SMILES string of the molecule is Cc1nc2cccc(-c3ccc(C4(O)CNC4)cc3)c2c(=O)n1C. The van der Waals surface area contributed by atoms with Gasteiger partial charge in [-0.1, -0.05) is 36.4 Å². The number of aliphatic hydroxyl groups is 1. The second kappa shape index (κ2) is 5.26. The minimum absolute atomic E-state index is 0.0426. The van der Waals surface area contributed by atoms with E-state index in [1.54, 1.807) is 11.6 Å². The number of nitrogens with zero attached hydrogens (tertiary/aromatic N) is 2. The van der Waals surface area contributed by atoms with Crippen LogP contribution in [-0.2, 0) is 12.6 Å². The zero-order valence-electron chi connectivity index (χ0n) is 13.7. The summed E-state index contributed by atoms with van der Waals surface area (Å²) in [5.74, 6) is 0.694. The van der Waals surface area contributed by atoms with Gasteiger partial charge in [0.25, 0.3) is 5.56 Å². The lowest BCUT2D eigenvalue weighted by Crippen LogP contribution is -2.56. The van der Waals surface area contributed by atoms with E-state index in [0.717, 1.165) is 16.7 Å². The number of benzene rings is 2. The van der Waals surface area contributed by atoms with Gasteiger partial charge in [-0.3, -0.25) is 9.36 Å². The summed E-state index contributed by atoms with van der Waals surface area (Å²) in [6.45, 7) is 2.98. The van der Waals surface area contributed by atoms with Crippen molar-refractivity contribution in [2.75, 3.05) is 13.1 Å². The van der Waals surface area contributed by atoms with Crippen LogP contribution < -0.4 is 10.9 Å². The van der Waals surface area contributed by atoms with Crippen LogP contribution in [0.15, 0.2) is 47.3 Å². The van der Waals surface area contributed by atoms with Gasteiger partial charge in [0.15, 0.2) is 0 Å². The zero-order chi connectivity index (χ0) is 16.9. The summed E-state index contributed by atoms with van der Waals surface area (Å²) >= 11 is 0. The van der Waals surface area contributed by atoms with Crippen LogP contribution in [0.1, 0.15) is 11.4 Å². The Hall–Kier alpha value is -2.50. The Labute approximate surface area is 139 Å². The third-order valence-electron chi connectivity index (χ3n) is 4.90. The molecule has 2 N–H and O–H groups in total. The summed E-state index contributed by atoms with van der Waals surface area (Å²) in [6, 6.07) is 13.5. The molecule has 1 aliphatic heterocycles. The van der Waals surface area contributed by atoms with E-state index in [1.807, 2.05) is 49.4 Å². The summed E-state index contributed by atoms with van der Waals surface area (Å²) in [5.41, 5.74) is 2.60. The van der Waals surface area contributed by atoms with E-state index in [0.29, 0.717) is 29.8 Å². The van der Waals surface area contributed by atoms with Crippen molar-refractivity contribution >= 4 is 10.9 Å². The van der Waals surface area contributed by atoms with Crippen molar-refractivity contribution < 1.29 is 5.11 Å². The number of hydrogen-bond donors (Lipinski definition) is 2. The van der Waals surface area contributed by atoms with Crippen LogP contribution >= 0.6 is 0 Å². The molecule has 0 spiro atoms. The molecule has 0 radical (unpaired) electrons. The van der Waals surface area contributed by atoms with Crippen LogP contribution in [0.25, 0.3) is 22.0 Å². The molecule has 1 saturated heterocycles. The molecular weight excluding hydrogens is 302 g/mol. The van der Waals surface area contributed by atoms with Crippen molar-refractivity contribution in [2.24, 2.45) is 7.05 Å². The normalized spacial score (nSPS) is 16.1. The maximum atomic E-state index is 12.7. The molecule has 1 aromatic heterocycles. The van der Waals surface area contributed by atoms with Crippen molar-refractivity contribution in [1.82, 2.24) is 14.9 Å². The summed E-state index contributed by atoms with van der Waals surface area (Å²) in [4.78, 5) is 17.2. The summed E-state index contributed by atoms with van der Waals surface area (Å²) in [7, 11) is 1.74. The van der Waals surface area contributed by atoms with Crippen LogP contribution in [0.4, 0.5) is 0 Å². The van der Waals surface area contributed by atoms with Crippen LogP contribution in [0.2, 0.25) is 0 Å². The van der Waals surface area contributed by atoms with Gasteiger partial charge in [-0.25, -0.2) is 4.98 Å². The van der Waals surface area contributed by atoms with E-state index in [2.05, 4.69) is 10.3 Å². The lowest BCUT2D eigenvalue weighted by atomic mass is 9.87. The standard InChI is InChI=1S/C19H19N3O2/c1-12-21-16-5-3-4-15(17(16)18(23)22(12)2)13-6-8-14(9-7-13)19(24)10-20-11-19/h3-9,20,24H,10-11H2,1-2H3. The van der Waals surface area contributed by atoms with Gasteiger partial charge in [-0.2, -0.15) is 0 Å². The number of fused-ring (bicyclic) bond motifs is 1. The van der Waals surface area contributed by atoms with Gasteiger partial charge in [-0.05, 0) is 29.7 Å². The van der Waals surface area contributed by atoms with Gasteiger partial charge in [0.05, 0.1) is 10.9 Å². The minimum atomic E-state index is -0.772. The first kappa shape index (κ1) is 15.1. The first-order valence-electron chi connectivity index (χ1n) is 8.00. The fraction of sp³-hybridized carbons (Fsp3) is 0.263. The predicted octanol–water partition coefficient (Wildman–Crippen LogP) is 1.70. The highest BCUT2D eigenvalue weighted by atomic mass is 16.3. The van der Waals surface area contributed by atoms with E-state index in [4.69, 9.17) is 0 Å². The average Bonchev–Trinajstić information content (AvgIpc) is 2.57. The van der Waals surface area contributed by atoms with E-state index >= 15 is 0 Å². The van der Waals surface area contributed by atoms with Crippen LogP contribution in [-0.4, -0.2) is 27.7 Å². The van der Waals surface area contributed by atoms with Crippen LogP contribution in [0.3, 0.4) is 0 Å². The van der Waals surface area contributed by atoms with Gasteiger partial charge in [-0.15, -0.1) is 0 Å². The number of hydrogen-bond acceptors (Lipinski definition) is 4. The number of nitrogens with one attached hydrogen (secondary N) is 1. The molecule has 2 aromatic carbocycles. The number of aryl methyl sites for hydroxylation is 1. The molecule has 0 amide bonds. The molecule has 0 aliphatic carbocycles. The zero-order valence-corrected chi connectivity index (χ0v) is 13.7. The third kappa shape index (κ3) is 2.17. The quantitative estimate of drug-likeness (QED) is 0.754. The van der Waals surface area contributed by atoms with Gasteiger partial charge in [0.1, 0.15) is 11.4 Å². The molecule has 1 aliphatic rings. The molecule has 2 heterocycles. The first-order valence-corrected chi connectivity index (χ1v) is 8.00. The third-order valence-corrected chi connectivity index (χ3v) is 4.90. The maximum Gasteiger partial charge on any atom is 0.261 e. The fourth-order valence-corrected chi connectivity index (χ4v) is 3.19. The average molecular weight is 321 g/mol. The molecule has 122 valence electrons. The molecule has 1 fully saturated rings. The summed E-state index contributed by atoms with van der Waals surface area (Å²) in [5, 5.41) is 14.1. The summed E-state index contributed by atoms with van der Waals surface area (Å²) < 4.78 is 1.57. The second-order valence-electron chi connectivity index (χ2n) is 6.44. The molecule has 24 heavy (non-hydrogen) atoms. The predicted molar refractivity (Wildman–Crippen MR) is 93.9 cm³/mol. The Morgan fingerprint density at radius 3 is 2.50 bits per heavy atom. The van der Waals surface area contributed by atoms with E-state index in [1.165, 1.54) is 0 Å². The van der Waals surface area contributed by atoms with Crippen molar-refractivity contribution in [2.45, 2.75) is 12.5 Å². The van der Waals surface area contributed by atoms with Gasteiger partial charge in [0, 0.05) is 20.1 Å². The molecular formula is C19H19N3O2. The molecule has 5 heteroatoms. The lowest BCUT2D eigenvalue weighted by Gasteiger charge is -2.38. The van der Waals surface area contributed by atoms with Gasteiger partial charge < -0.3 is 10.4 Å². The van der Waals surface area contributed by atoms with E-state index in [9.17, 15) is 9.90 Å². The number of rotatable bonds is 2. The Kier molecular flexibility index (Phi) is 3.30. The van der Waals surface area contributed by atoms with Crippen LogP contribution in [0, 0.1) is 6.92 Å². The molecule has 3 aromatic rings. The van der Waals surface area contributed by atoms with Gasteiger partial charge in [0.2, 0.25) is 0 Å². The van der Waals surface area contributed by atoms with Crippen LogP contribution in [0.5, 0.6) is 0 Å². The highest BCUT2D eigenvalue weighted by molar-refractivity contribution is 5.94. The Bertz CT molecular complexity index is 986. The van der Waals surface area contributed by atoms with E-state index in [-0.39, 0.29) is 5.56 Å². The van der Waals surface area contributed by atoms with Crippen molar-refractivity contribution in [1.29, 1.82) is 0 Å². The van der Waals surface area contributed by atoms with Crippen molar-refractivity contribution in [3.05, 3.63) is 64.2 Å². The first-order chi connectivity index (χ1) is 11.5. The highest BCUT2D eigenvalue weighted by Gasteiger charge is 2.35. The fourth-order valence-electron chi connectivity index (χ4n) is 3.19. The second-order valence-corrected chi connectivity index (χ2v) is 6.44. The van der Waals surface area contributed by atoms with E-state index < -0.39 is 5.60 Å². The largest absolute Gasteiger partial charge is 0.382 e. The molecule has 0 bridgehead atoms. The molecule has 5 nitrogen and oxygen atoms in total. The molecule has 0 unspecified atom stereocenters. The highest BCUT2D eigenvalue weighted by Crippen LogP contribution is 2.30. The molecule has 4 rings (SSSR count). The Balaban J connectivity index is 1.88. The smallest absolute Gasteiger partial charge is 0.261 e. The molecule has 0 saturated carbocycles. The minimum Gasteiger partial charge on any atom is -0.382 e. The lowest BCUT2D eigenvalue weighted by molar-refractivity contribution is -0.0146.